The van der Waals surface area contributed by atoms with Crippen LogP contribution in [0.2, 0.25) is 0 Å². The average Bonchev–Trinajstić information content (AvgIpc) is 2.74. The minimum absolute atomic E-state index is 0.162. The van der Waals surface area contributed by atoms with E-state index in [0.29, 0.717) is 12.8 Å². The van der Waals surface area contributed by atoms with Gasteiger partial charge in [-0.2, -0.15) is 0 Å². The van der Waals surface area contributed by atoms with Crippen LogP contribution in [0.25, 0.3) is 0 Å². The van der Waals surface area contributed by atoms with Crippen molar-refractivity contribution in [2.45, 2.75) is 42.8 Å². The van der Waals surface area contributed by atoms with Crippen LogP contribution in [0.3, 0.4) is 0 Å². The monoisotopic (exact) mass is 424 g/mol. The van der Waals surface area contributed by atoms with Crippen LogP contribution in [0.15, 0.2) is 89.8 Å². The number of hydrogen-bond acceptors (Lipinski definition) is 4. The van der Waals surface area contributed by atoms with Gasteiger partial charge in [0.15, 0.2) is 0 Å². The zero-order chi connectivity index (χ0) is 21.6. The van der Waals surface area contributed by atoms with Crippen LogP contribution >= 0.6 is 0 Å². The van der Waals surface area contributed by atoms with E-state index in [0.717, 1.165) is 16.7 Å². The van der Waals surface area contributed by atoms with Crippen molar-refractivity contribution >= 4 is 10.0 Å². The predicted molar refractivity (Wildman–Crippen MR) is 120 cm³/mol. The van der Waals surface area contributed by atoms with Crippen LogP contribution in [0.1, 0.15) is 16.7 Å². The molecule has 3 unspecified atom stereocenters. The van der Waals surface area contributed by atoms with Gasteiger partial charge in [-0.1, -0.05) is 78.4 Å². The quantitative estimate of drug-likeness (QED) is 0.492. The Morgan fingerprint density at radius 2 is 1.33 bits per heavy atom. The highest BCUT2D eigenvalue weighted by atomic mass is 32.2. The molecule has 0 aliphatic rings. The van der Waals surface area contributed by atoms with E-state index < -0.39 is 28.2 Å². The van der Waals surface area contributed by atoms with Crippen LogP contribution in [0, 0.1) is 6.92 Å². The topological polar surface area (TPSA) is 92.4 Å². The van der Waals surface area contributed by atoms with Crippen LogP contribution in [-0.2, 0) is 22.9 Å². The molecule has 158 valence electrons. The van der Waals surface area contributed by atoms with E-state index in [1.807, 2.05) is 67.6 Å². The zero-order valence-electron chi connectivity index (χ0n) is 17.0. The minimum atomic E-state index is -3.81. The average molecular weight is 425 g/mol. The first-order chi connectivity index (χ1) is 14.3. The molecule has 4 N–H and O–H groups in total. The highest BCUT2D eigenvalue weighted by Gasteiger charge is 2.30. The summed E-state index contributed by atoms with van der Waals surface area (Å²) in [4.78, 5) is 0.162. The molecule has 0 bridgehead atoms. The minimum Gasteiger partial charge on any atom is -0.390 e. The van der Waals surface area contributed by atoms with Gasteiger partial charge in [-0.15, -0.1) is 0 Å². The number of sulfonamides is 1. The van der Waals surface area contributed by atoms with Gasteiger partial charge in [-0.25, -0.2) is 13.1 Å². The van der Waals surface area contributed by atoms with Crippen LogP contribution in [0.4, 0.5) is 0 Å². The summed E-state index contributed by atoms with van der Waals surface area (Å²) in [6.07, 6.45) is -0.291. The van der Waals surface area contributed by atoms with Crippen molar-refractivity contribution < 1.29 is 13.5 Å². The van der Waals surface area contributed by atoms with E-state index in [2.05, 4.69) is 4.72 Å². The number of rotatable bonds is 9. The third-order valence-corrected chi connectivity index (χ3v) is 6.61. The standard InChI is InChI=1S/C24H28N2O3S/c1-18-12-14-21(15-13-18)30(28,29)26-23(17-20-10-6-3-7-11-20)24(27)22(25)16-19-8-4-2-5-9-19/h2-15,22-24,26-27H,16-17,25H2,1H3. The van der Waals surface area contributed by atoms with Gasteiger partial charge in [0, 0.05) is 6.04 Å². The Morgan fingerprint density at radius 3 is 1.87 bits per heavy atom. The third kappa shape index (κ3) is 6.00. The second-order valence-electron chi connectivity index (χ2n) is 7.57. The number of nitrogens with two attached hydrogens (primary N) is 1. The first-order valence-corrected chi connectivity index (χ1v) is 11.4. The maximum absolute atomic E-state index is 13.0. The van der Waals surface area contributed by atoms with E-state index >= 15 is 0 Å². The lowest BCUT2D eigenvalue weighted by atomic mass is 9.94. The van der Waals surface area contributed by atoms with Crippen molar-refractivity contribution in [1.29, 1.82) is 0 Å². The first kappa shape index (κ1) is 22.2. The number of aliphatic hydroxyl groups excluding tert-OH is 1. The Morgan fingerprint density at radius 1 is 0.833 bits per heavy atom. The molecule has 0 amide bonds. The van der Waals surface area contributed by atoms with Gasteiger partial charge < -0.3 is 10.8 Å². The molecule has 0 spiro atoms. The Hall–Kier alpha value is -2.51. The molecule has 0 saturated heterocycles. The number of nitrogens with one attached hydrogen (secondary N) is 1. The lowest BCUT2D eigenvalue weighted by Gasteiger charge is -2.28. The summed E-state index contributed by atoms with van der Waals surface area (Å²) in [6.45, 7) is 1.90. The highest BCUT2D eigenvalue weighted by Crippen LogP contribution is 2.16. The number of hydrogen-bond donors (Lipinski definition) is 3. The molecule has 0 heterocycles. The van der Waals surface area contributed by atoms with Crippen LogP contribution in [0.5, 0.6) is 0 Å². The Labute approximate surface area is 178 Å². The van der Waals surface area contributed by atoms with Crippen molar-refractivity contribution in [3.8, 4) is 0 Å². The van der Waals surface area contributed by atoms with Crippen molar-refractivity contribution in [1.82, 2.24) is 4.72 Å². The van der Waals surface area contributed by atoms with Crippen LogP contribution in [-0.4, -0.2) is 31.7 Å². The molecular weight excluding hydrogens is 396 g/mol. The van der Waals surface area contributed by atoms with Crippen molar-refractivity contribution in [2.24, 2.45) is 5.73 Å². The van der Waals surface area contributed by atoms with E-state index in [1.54, 1.807) is 24.3 Å². The molecule has 0 aliphatic carbocycles. The molecule has 0 radical (unpaired) electrons. The van der Waals surface area contributed by atoms with Crippen molar-refractivity contribution in [3.63, 3.8) is 0 Å². The summed E-state index contributed by atoms with van der Waals surface area (Å²) in [7, 11) is -3.81. The van der Waals surface area contributed by atoms with Gasteiger partial charge in [-0.05, 0) is 43.0 Å². The summed E-state index contributed by atoms with van der Waals surface area (Å²) in [5.74, 6) is 0. The Balaban J connectivity index is 1.83. The van der Waals surface area contributed by atoms with Gasteiger partial charge in [-0.3, -0.25) is 0 Å². The lowest BCUT2D eigenvalue weighted by Crippen LogP contribution is -2.53. The zero-order valence-corrected chi connectivity index (χ0v) is 17.8. The maximum atomic E-state index is 13.0. The molecule has 3 aromatic carbocycles. The maximum Gasteiger partial charge on any atom is 0.240 e. The first-order valence-electron chi connectivity index (χ1n) is 9.95. The number of aryl methyl sites for hydroxylation is 1. The molecular formula is C24H28N2O3S. The van der Waals surface area contributed by atoms with Crippen molar-refractivity contribution in [2.75, 3.05) is 0 Å². The largest absolute Gasteiger partial charge is 0.390 e. The van der Waals surface area contributed by atoms with E-state index in [9.17, 15) is 13.5 Å². The Kier molecular flexibility index (Phi) is 7.39. The molecule has 0 fully saturated rings. The fourth-order valence-corrected chi connectivity index (χ4v) is 4.64. The second-order valence-corrected chi connectivity index (χ2v) is 9.29. The SMILES string of the molecule is Cc1ccc(S(=O)(=O)NC(Cc2ccccc2)C(O)C(N)Cc2ccccc2)cc1. The number of aliphatic hydroxyl groups is 1. The summed E-state index contributed by atoms with van der Waals surface area (Å²) in [6, 6.07) is 24.3. The summed E-state index contributed by atoms with van der Waals surface area (Å²) >= 11 is 0. The van der Waals surface area contributed by atoms with Gasteiger partial charge >= 0.3 is 0 Å². The molecule has 3 aromatic rings. The van der Waals surface area contributed by atoms with Gasteiger partial charge in [0.2, 0.25) is 10.0 Å². The molecule has 6 heteroatoms. The molecule has 0 saturated carbocycles. The molecule has 0 aromatic heterocycles. The van der Waals surface area contributed by atoms with E-state index in [1.165, 1.54) is 0 Å². The van der Waals surface area contributed by atoms with E-state index in [4.69, 9.17) is 5.73 Å². The Bertz CT molecular complexity index is 1020. The van der Waals surface area contributed by atoms with Gasteiger partial charge in [0.1, 0.15) is 0 Å². The van der Waals surface area contributed by atoms with E-state index in [-0.39, 0.29) is 4.90 Å². The predicted octanol–water partition coefficient (Wildman–Crippen LogP) is 2.82. The summed E-state index contributed by atoms with van der Waals surface area (Å²) in [5, 5.41) is 11.0. The molecule has 3 atom stereocenters. The lowest BCUT2D eigenvalue weighted by molar-refractivity contribution is 0.109. The fraction of sp³-hybridized carbons (Fsp3) is 0.250. The number of benzene rings is 3. The van der Waals surface area contributed by atoms with Crippen molar-refractivity contribution in [3.05, 3.63) is 102 Å². The third-order valence-electron chi connectivity index (χ3n) is 5.10. The highest BCUT2D eigenvalue weighted by molar-refractivity contribution is 7.89. The molecule has 5 nitrogen and oxygen atoms in total. The van der Waals surface area contributed by atoms with Crippen LogP contribution < -0.4 is 10.5 Å². The fourth-order valence-electron chi connectivity index (χ4n) is 3.39. The van der Waals surface area contributed by atoms with Gasteiger partial charge in [0.05, 0.1) is 17.0 Å². The van der Waals surface area contributed by atoms with Gasteiger partial charge in [0.25, 0.3) is 0 Å². The molecule has 30 heavy (non-hydrogen) atoms. The smallest absolute Gasteiger partial charge is 0.240 e. The second kappa shape index (κ2) is 10.00. The molecule has 0 aliphatic heterocycles. The molecule has 3 rings (SSSR count). The normalized spacial score (nSPS) is 14.8. The summed E-state index contributed by atoms with van der Waals surface area (Å²) < 4.78 is 28.6. The summed E-state index contributed by atoms with van der Waals surface area (Å²) in [5.41, 5.74) is 9.17.